The van der Waals surface area contributed by atoms with Crippen LogP contribution in [0.15, 0.2) is 78.9 Å². The van der Waals surface area contributed by atoms with E-state index in [9.17, 15) is 5.11 Å². The molecule has 0 aliphatic carbocycles. The lowest BCUT2D eigenvalue weighted by atomic mass is 9.80. The first-order valence-electron chi connectivity index (χ1n) is 13.7. The van der Waals surface area contributed by atoms with Crippen LogP contribution in [0.1, 0.15) is 37.5 Å². The summed E-state index contributed by atoms with van der Waals surface area (Å²) in [6, 6.07) is 24.9. The number of rotatable bonds is 10. The fraction of sp³-hybridized carbons (Fsp3) is 0.438. The van der Waals surface area contributed by atoms with Gasteiger partial charge < -0.3 is 28.5 Å². The molecule has 1 N–H and O–H groups in total. The van der Waals surface area contributed by atoms with E-state index in [1.807, 2.05) is 78.9 Å². The second-order valence-electron chi connectivity index (χ2n) is 11.8. The lowest BCUT2D eigenvalue weighted by Gasteiger charge is -2.41. The molecule has 8 heteroatoms. The van der Waals surface area contributed by atoms with Gasteiger partial charge in [-0.1, -0.05) is 75.4 Å². The topological polar surface area (TPSA) is 66.4 Å². The predicted octanol–water partition coefficient (Wildman–Crippen LogP) is 5.66. The van der Waals surface area contributed by atoms with E-state index in [1.165, 1.54) is 0 Å². The molecule has 0 bridgehead atoms. The number of ether oxygens (including phenoxy) is 4. The van der Waals surface area contributed by atoms with Gasteiger partial charge in [0.25, 0.3) is 0 Å². The zero-order chi connectivity index (χ0) is 29.1. The summed E-state index contributed by atoms with van der Waals surface area (Å²) < 4.78 is 30.7. The molecular formula is C32H41BO6Si. The monoisotopic (exact) mass is 560 g/mol. The second kappa shape index (κ2) is 12.1. The van der Waals surface area contributed by atoms with E-state index < -0.39 is 38.2 Å². The van der Waals surface area contributed by atoms with Crippen molar-refractivity contribution in [3.63, 3.8) is 0 Å². The third-order valence-corrected chi connectivity index (χ3v) is 12.7. The summed E-state index contributed by atoms with van der Waals surface area (Å²) in [5.74, 6) is 1.49. The van der Waals surface area contributed by atoms with Crippen LogP contribution >= 0.6 is 0 Å². The minimum absolute atomic E-state index is 0.0508. The summed E-state index contributed by atoms with van der Waals surface area (Å²) in [7, 11) is 7.25. The molecule has 0 saturated carbocycles. The molecule has 40 heavy (non-hydrogen) atoms. The van der Waals surface area contributed by atoms with Crippen molar-refractivity contribution in [2.45, 2.75) is 68.8 Å². The Bertz CT molecular complexity index is 1180. The van der Waals surface area contributed by atoms with Crippen LogP contribution in [0.5, 0.6) is 11.5 Å². The molecule has 1 unspecified atom stereocenters. The number of aliphatic hydroxyl groups excluding tert-OH is 1. The molecule has 0 amide bonds. The molecule has 3 aromatic rings. The van der Waals surface area contributed by atoms with Crippen molar-refractivity contribution in [3.8, 4) is 11.5 Å². The average molecular weight is 561 g/mol. The quantitative estimate of drug-likeness (QED) is 0.255. The Kier molecular flexibility index (Phi) is 9.17. The van der Waals surface area contributed by atoms with Crippen molar-refractivity contribution in [1.29, 1.82) is 0 Å². The molecule has 1 aliphatic heterocycles. The van der Waals surface area contributed by atoms with Gasteiger partial charge in [-0.3, -0.25) is 0 Å². The van der Waals surface area contributed by atoms with Crippen LogP contribution < -0.4 is 9.47 Å². The first kappa shape index (κ1) is 30.3. The highest BCUT2D eigenvalue weighted by molar-refractivity contribution is 6.74. The molecule has 1 aliphatic rings. The highest BCUT2D eigenvalue weighted by Crippen LogP contribution is 2.43. The average Bonchev–Trinajstić information content (AvgIpc) is 3.21. The Morgan fingerprint density at radius 1 is 0.800 bits per heavy atom. The third-order valence-electron chi connectivity index (χ3n) is 8.25. The summed E-state index contributed by atoms with van der Waals surface area (Å²) in [5, 5.41) is 11.0. The minimum Gasteiger partial charge on any atom is -0.497 e. The molecular weight excluding hydrogens is 519 g/mol. The SMILES string of the molecule is [B][C@@H]1O[C@H](COC(c2ccccc2)(c2ccc(OC)cc2)c2ccc(OC)cc2)C(O[Si](C)(C)C(C)(C)C)[C@H]1O. The molecule has 4 atom stereocenters. The van der Waals surface area contributed by atoms with Gasteiger partial charge in [0, 0.05) is 6.00 Å². The van der Waals surface area contributed by atoms with Crippen molar-refractivity contribution >= 4 is 16.2 Å². The second-order valence-corrected chi connectivity index (χ2v) is 16.5. The fourth-order valence-corrected chi connectivity index (χ4v) is 6.17. The van der Waals surface area contributed by atoms with E-state index in [2.05, 4.69) is 33.9 Å². The van der Waals surface area contributed by atoms with Gasteiger partial charge in [0.15, 0.2) is 8.32 Å². The normalized spacial score (nSPS) is 21.8. The highest BCUT2D eigenvalue weighted by Gasteiger charge is 2.49. The molecule has 1 fully saturated rings. The summed E-state index contributed by atoms with van der Waals surface area (Å²) in [5.41, 5.74) is 1.75. The standard InChI is InChI=1S/C32H41BO6Si/c1-31(2,3)40(6,7)39-29-27(38-30(33)28(29)34)21-37-32(22-11-9-8-10-12-22,23-13-17-25(35-4)18-14-23)24-15-19-26(36-5)20-16-24/h8-20,27-30,34H,21H2,1-7H3/t27-,28-,29?,30-/m1/s1. The Hall–Kier alpha value is -2.62. The highest BCUT2D eigenvalue weighted by atomic mass is 28.4. The van der Waals surface area contributed by atoms with Gasteiger partial charge in [-0.15, -0.1) is 0 Å². The van der Waals surface area contributed by atoms with Gasteiger partial charge in [0.05, 0.1) is 26.9 Å². The number of hydrogen-bond acceptors (Lipinski definition) is 6. The Labute approximate surface area is 241 Å². The van der Waals surface area contributed by atoms with Crippen LogP contribution in [0, 0.1) is 0 Å². The third kappa shape index (κ3) is 6.02. The van der Waals surface area contributed by atoms with Crippen molar-refractivity contribution < 1.29 is 28.5 Å². The lowest BCUT2D eigenvalue weighted by molar-refractivity contribution is -0.0726. The Morgan fingerprint density at radius 2 is 1.27 bits per heavy atom. The molecule has 2 radical (unpaired) electrons. The zero-order valence-corrected chi connectivity index (χ0v) is 25.6. The molecule has 4 rings (SSSR count). The fourth-order valence-electron chi connectivity index (χ4n) is 4.84. The first-order chi connectivity index (χ1) is 18.9. The van der Waals surface area contributed by atoms with Crippen LogP contribution in [0.3, 0.4) is 0 Å². The summed E-state index contributed by atoms with van der Waals surface area (Å²) in [4.78, 5) is 0. The molecule has 1 saturated heterocycles. The summed E-state index contributed by atoms with van der Waals surface area (Å²) in [6.07, 6.45) is -2.15. The number of methoxy groups -OCH3 is 2. The summed E-state index contributed by atoms with van der Waals surface area (Å²) >= 11 is 0. The van der Waals surface area contributed by atoms with E-state index in [-0.39, 0.29) is 11.6 Å². The zero-order valence-electron chi connectivity index (χ0n) is 24.6. The molecule has 6 nitrogen and oxygen atoms in total. The Balaban J connectivity index is 1.79. The van der Waals surface area contributed by atoms with Crippen LogP contribution in [0.2, 0.25) is 18.1 Å². The van der Waals surface area contributed by atoms with E-state index in [0.717, 1.165) is 28.2 Å². The van der Waals surface area contributed by atoms with Crippen LogP contribution in [-0.4, -0.2) is 66.4 Å². The predicted molar refractivity (Wildman–Crippen MR) is 161 cm³/mol. The maximum atomic E-state index is 11.0. The number of aliphatic hydroxyl groups is 1. The van der Waals surface area contributed by atoms with Crippen molar-refractivity contribution in [2.24, 2.45) is 0 Å². The van der Waals surface area contributed by atoms with E-state index in [1.54, 1.807) is 14.2 Å². The molecule has 3 aromatic carbocycles. The largest absolute Gasteiger partial charge is 0.497 e. The first-order valence-corrected chi connectivity index (χ1v) is 16.6. The minimum atomic E-state index is -2.25. The maximum Gasteiger partial charge on any atom is 0.192 e. The van der Waals surface area contributed by atoms with E-state index in [0.29, 0.717) is 0 Å². The van der Waals surface area contributed by atoms with Gasteiger partial charge in [0.1, 0.15) is 37.2 Å². The molecule has 212 valence electrons. The Morgan fingerprint density at radius 3 is 1.73 bits per heavy atom. The smallest absolute Gasteiger partial charge is 0.192 e. The van der Waals surface area contributed by atoms with Crippen LogP contribution in [0.4, 0.5) is 0 Å². The van der Waals surface area contributed by atoms with Gasteiger partial charge >= 0.3 is 0 Å². The number of benzene rings is 3. The lowest BCUT2D eigenvalue weighted by Crippen LogP contribution is -2.50. The van der Waals surface area contributed by atoms with Gasteiger partial charge in [-0.05, 0) is 59.1 Å². The summed E-state index contributed by atoms with van der Waals surface area (Å²) in [6.45, 7) is 11.0. The van der Waals surface area contributed by atoms with E-state index >= 15 is 0 Å². The van der Waals surface area contributed by atoms with Gasteiger partial charge in [-0.2, -0.15) is 0 Å². The van der Waals surface area contributed by atoms with Gasteiger partial charge in [0.2, 0.25) is 0 Å². The molecule has 0 aromatic heterocycles. The molecule has 1 heterocycles. The molecule has 0 spiro atoms. The van der Waals surface area contributed by atoms with Crippen molar-refractivity contribution in [1.82, 2.24) is 0 Å². The van der Waals surface area contributed by atoms with Crippen molar-refractivity contribution in [2.75, 3.05) is 20.8 Å². The maximum absolute atomic E-state index is 11.0. The van der Waals surface area contributed by atoms with Gasteiger partial charge in [-0.25, -0.2) is 0 Å². The van der Waals surface area contributed by atoms with Crippen LogP contribution in [-0.2, 0) is 19.5 Å². The van der Waals surface area contributed by atoms with Crippen molar-refractivity contribution in [3.05, 3.63) is 95.6 Å². The van der Waals surface area contributed by atoms with E-state index in [4.69, 9.17) is 31.2 Å². The van der Waals surface area contributed by atoms with Crippen LogP contribution in [0.25, 0.3) is 0 Å². The number of hydrogen-bond donors (Lipinski definition) is 1.